The number of ether oxygens (including phenoxy) is 2. The number of piperazine rings is 1. The zero-order chi connectivity index (χ0) is 11.7. The molecule has 2 unspecified atom stereocenters. The van der Waals surface area contributed by atoms with Crippen LogP contribution in [0.5, 0.6) is 11.5 Å². The summed E-state index contributed by atoms with van der Waals surface area (Å²) >= 11 is 0. The van der Waals surface area contributed by atoms with E-state index in [1.165, 1.54) is 0 Å². The first-order valence-electron chi connectivity index (χ1n) is 6.22. The summed E-state index contributed by atoms with van der Waals surface area (Å²) in [5.41, 5.74) is 0. The summed E-state index contributed by atoms with van der Waals surface area (Å²) in [6, 6.07) is 7.88. The summed E-state index contributed by atoms with van der Waals surface area (Å²) in [5, 5.41) is 3.35. The average Bonchev–Trinajstić information content (AvgIpc) is 2.39. The van der Waals surface area contributed by atoms with Gasteiger partial charge in [0.25, 0.3) is 0 Å². The predicted molar refractivity (Wildman–Crippen MR) is 65.4 cm³/mol. The molecule has 0 aromatic heterocycles. The van der Waals surface area contributed by atoms with E-state index in [0.29, 0.717) is 0 Å². The van der Waals surface area contributed by atoms with Gasteiger partial charge in [-0.25, -0.2) is 0 Å². The average molecular weight is 234 g/mol. The van der Waals surface area contributed by atoms with Crippen molar-refractivity contribution in [3.63, 3.8) is 0 Å². The smallest absolute Gasteiger partial charge is 0.189 e. The maximum absolute atomic E-state index is 6.06. The van der Waals surface area contributed by atoms with E-state index in [1.54, 1.807) is 0 Å². The van der Waals surface area contributed by atoms with Gasteiger partial charge in [-0.15, -0.1) is 0 Å². The second-order valence-electron chi connectivity index (χ2n) is 4.56. The van der Waals surface area contributed by atoms with E-state index in [4.69, 9.17) is 9.47 Å². The molecule has 1 fully saturated rings. The summed E-state index contributed by atoms with van der Waals surface area (Å²) < 4.78 is 12.0. The Labute approximate surface area is 102 Å². The lowest BCUT2D eigenvalue weighted by atomic mass is 10.2. The van der Waals surface area contributed by atoms with Gasteiger partial charge in [0, 0.05) is 26.2 Å². The van der Waals surface area contributed by atoms with Gasteiger partial charge in [-0.3, -0.25) is 4.90 Å². The predicted octanol–water partition coefficient (Wildman–Crippen LogP) is 1.08. The van der Waals surface area contributed by atoms with Gasteiger partial charge in [-0.1, -0.05) is 12.1 Å². The molecule has 1 saturated heterocycles. The Kier molecular flexibility index (Phi) is 2.91. The van der Waals surface area contributed by atoms with Crippen LogP contribution in [0.2, 0.25) is 0 Å². The van der Waals surface area contributed by atoms with Crippen LogP contribution in [-0.4, -0.2) is 43.4 Å². The number of nitrogens with one attached hydrogen (secondary N) is 1. The Balaban J connectivity index is 1.79. The molecule has 17 heavy (non-hydrogen) atoms. The maximum atomic E-state index is 6.06. The van der Waals surface area contributed by atoms with Crippen LogP contribution < -0.4 is 14.8 Å². The Morgan fingerprint density at radius 3 is 2.47 bits per heavy atom. The number of fused-ring (bicyclic) bond motifs is 1. The molecule has 2 heterocycles. The van der Waals surface area contributed by atoms with Gasteiger partial charge >= 0.3 is 0 Å². The molecule has 0 saturated carbocycles. The van der Waals surface area contributed by atoms with Crippen molar-refractivity contribution >= 4 is 0 Å². The zero-order valence-electron chi connectivity index (χ0n) is 10.1. The highest BCUT2D eigenvalue weighted by molar-refractivity contribution is 5.41. The maximum Gasteiger partial charge on any atom is 0.189 e. The van der Waals surface area contributed by atoms with Crippen LogP contribution >= 0.6 is 0 Å². The fourth-order valence-corrected chi connectivity index (χ4v) is 2.44. The van der Waals surface area contributed by atoms with Gasteiger partial charge in [0.1, 0.15) is 6.10 Å². The molecule has 4 heteroatoms. The van der Waals surface area contributed by atoms with Crippen LogP contribution in [0.25, 0.3) is 0 Å². The second-order valence-corrected chi connectivity index (χ2v) is 4.56. The normalized spacial score (nSPS) is 29.0. The van der Waals surface area contributed by atoms with Crippen LogP contribution in [0.15, 0.2) is 24.3 Å². The van der Waals surface area contributed by atoms with E-state index in [1.807, 2.05) is 24.3 Å². The molecule has 0 bridgehead atoms. The highest BCUT2D eigenvalue weighted by Crippen LogP contribution is 2.34. The lowest BCUT2D eigenvalue weighted by Crippen LogP contribution is -2.56. The second kappa shape index (κ2) is 4.55. The minimum Gasteiger partial charge on any atom is -0.481 e. The fourth-order valence-electron chi connectivity index (χ4n) is 2.44. The minimum absolute atomic E-state index is 0.0343. The van der Waals surface area contributed by atoms with E-state index >= 15 is 0 Å². The lowest BCUT2D eigenvalue weighted by Gasteiger charge is -2.40. The van der Waals surface area contributed by atoms with Gasteiger partial charge in [0.05, 0.1) is 0 Å². The van der Waals surface area contributed by atoms with Crippen LogP contribution in [0, 0.1) is 0 Å². The molecule has 1 aromatic carbocycles. The quantitative estimate of drug-likeness (QED) is 0.788. The summed E-state index contributed by atoms with van der Waals surface area (Å²) in [5.74, 6) is 1.71. The molecule has 3 rings (SSSR count). The molecular formula is C13H18N2O2. The van der Waals surface area contributed by atoms with Crippen molar-refractivity contribution in [2.75, 3.05) is 26.2 Å². The Morgan fingerprint density at radius 1 is 1.12 bits per heavy atom. The summed E-state index contributed by atoms with van der Waals surface area (Å²) in [6.07, 6.45) is 0.106. The molecule has 2 atom stereocenters. The van der Waals surface area contributed by atoms with Gasteiger partial charge < -0.3 is 14.8 Å². The molecule has 2 aliphatic heterocycles. The van der Waals surface area contributed by atoms with Gasteiger partial charge in [0.15, 0.2) is 17.7 Å². The molecule has 0 amide bonds. The third-order valence-corrected chi connectivity index (χ3v) is 3.32. The highest BCUT2D eigenvalue weighted by atomic mass is 16.6. The molecular weight excluding hydrogens is 216 g/mol. The SMILES string of the molecule is CC1Oc2ccccc2OC1N1CCNCC1. The Hall–Kier alpha value is -1.26. The Morgan fingerprint density at radius 2 is 1.76 bits per heavy atom. The molecule has 2 aliphatic rings. The van der Waals surface area contributed by atoms with E-state index in [-0.39, 0.29) is 12.3 Å². The number of hydrogen-bond donors (Lipinski definition) is 1. The van der Waals surface area contributed by atoms with Gasteiger partial charge in [-0.2, -0.15) is 0 Å². The lowest BCUT2D eigenvalue weighted by molar-refractivity contribution is -0.0731. The van der Waals surface area contributed by atoms with E-state index < -0.39 is 0 Å². The first-order chi connectivity index (χ1) is 8.34. The molecule has 92 valence electrons. The molecule has 1 aromatic rings. The summed E-state index contributed by atoms with van der Waals surface area (Å²) in [7, 11) is 0. The molecule has 1 N–H and O–H groups in total. The molecule has 4 nitrogen and oxygen atoms in total. The van der Waals surface area contributed by atoms with Gasteiger partial charge in [-0.05, 0) is 19.1 Å². The van der Waals surface area contributed by atoms with Crippen molar-refractivity contribution in [3.05, 3.63) is 24.3 Å². The number of nitrogens with zero attached hydrogens (tertiary/aromatic N) is 1. The highest BCUT2D eigenvalue weighted by Gasteiger charge is 2.33. The number of para-hydroxylation sites is 2. The first-order valence-corrected chi connectivity index (χ1v) is 6.22. The van der Waals surface area contributed by atoms with Crippen LogP contribution in [-0.2, 0) is 0 Å². The number of rotatable bonds is 1. The summed E-state index contributed by atoms with van der Waals surface area (Å²) in [6.45, 7) is 6.15. The third-order valence-electron chi connectivity index (χ3n) is 3.32. The molecule has 0 radical (unpaired) electrons. The van der Waals surface area contributed by atoms with Crippen LogP contribution in [0.4, 0.5) is 0 Å². The standard InChI is InChI=1S/C13H18N2O2/c1-10-13(15-8-6-14-7-9-15)17-12-5-3-2-4-11(12)16-10/h2-5,10,13-14H,6-9H2,1H3. The van der Waals surface area contributed by atoms with Crippen molar-refractivity contribution in [1.82, 2.24) is 10.2 Å². The topological polar surface area (TPSA) is 33.7 Å². The van der Waals surface area contributed by atoms with E-state index in [2.05, 4.69) is 17.1 Å². The van der Waals surface area contributed by atoms with Crippen LogP contribution in [0.3, 0.4) is 0 Å². The van der Waals surface area contributed by atoms with Crippen molar-refractivity contribution in [2.45, 2.75) is 19.3 Å². The minimum atomic E-state index is 0.0343. The van der Waals surface area contributed by atoms with Crippen LogP contribution in [0.1, 0.15) is 6.92 Å². The molecule has 0 spiro atoms. The van der Waals surface area contributed by atoms with E-state index in [9.17, 15) is 0 Å². The number of benzene rings is 1. The Bertz CT molecular complexity index is 391. The third kappa shape index (κ3) is 2.10. The fraction of sp³-hybridized carbons (Fsp3) is 0.538. The monoisotopic (exact) mass is 234 g/mol. The van der Waals surface area contributed by atoms with E-state index in [0.717, 1.165) is 37.7 Å². The number of hydrogen-bond acceptors (Lipinski definition) is 4. The molecule has 0 aliphatic carbocycles. The summed E-state index contributed by atoms with van der Waals surface area (Å²) in [4.78, 5) is 2.34. The van der Waals surface area contributed by atoms with Gasteiger partial charge in [0.2, 0.25) is 0 Å². The first kappa shape index (κ1) is 10.9. The zero-order valence-corrected chi connectivity index (χ0v) is 10.1. The van der Waals surface area contributed by atoms with Crippen molar-refractivity contribution in [3.8, 4) is 11.5 Å². The van der Waals surface area contributed by atoms with Crippen molar-refractivity contribution in [2.24, 2.45) is 0 Å². The van der Waals surface area contributed by atoms with Crippen molar-refractivity contribution in [1.29, 1.82) is 0 Å². The largest absolute Gasteiger partial charge is 0.481 e. The van der Waals surface area contributed by atoms with Crippen molar-refractivity contribution < 1.29 is 9.47 Å².